The number of ether oxygens (including phenoxy) is 8. The molecular formula is C53H86O22. The fraction of sp³-hybridized carbons (Fsp3) is 0.943. The smallest absolute Gasteiger partial charge is 0.315 e. The number of allylic oxidation sites excluding steroid dienone is 2. The third-order valence-corrected chi connectivity index (χ3v) is 21.2. The molecule has 5 aliphatic carbocycles. The highest BCUT2D eigenvalue weighted by molar-refractivity contribution is 5.79. The van der Waals surface area contributed by atoms with Crippen molar-refractivity contribution in [1.82, 2.24) is 0 Å². The van der Waals surface area contributed by atoms with E-state index in [1.54, 1.807) is 0 Å². The average molecular weight is 1080 g/mol. The maximum Gasteiger partial charge on any atom is 0.315 e. The fourth-order valence-electron chi connectivity index (χ4n) is 16.2. The first-order chi connectivity index (χ1) is 35.2. The van der Waals surface area contributed by atoms with Crippen LogP contribution in [0.4, 0.5) is 0 Å². The molecule has 0 radical (unpaired) electrons. The Bertz CT molecular complexity index is 2060. The van der Waals surface area contributed by atoms with Crippen molar-refractivity contribution in [3.05, 3.63) is 11.6 Å². The summed E-state index contributed by atoms with van der Waals surface area (Å²) in [7, 11) is 0. The molecule has 0 spiro atoms. The van der Waals surface area contributed by atoms with Gasteiger partial charge in [0.2, 0.25) is 6.29 Å². The van der Waals surface area contributed by atoms with Crippen LogP contribution in [-0.4, -0.2) is 222 Å². The number of aliphatic hydroxyl groups excluding tert-OH is 13. The van der Waals surface area contributed by atoms with E-state index in [4.69, 9.17) is 37.9 Å². The molecule has 28 atom stereocenters. The Morgan fingerprint density at radius 3 is 1.83 bits per heavy atom. The Labute approximate surface area is 437 Å². The minimum absolute atomic E-state index is 0.0816. The van der Waals surface area contributed by atoms with E-state index in [1.807, 2.05) is 6.92 Å². The summed E-state index contributed by atoms with van der Waals surface area (Å²) in [6.45, 7) is 12.9. The van der Waals surface area contributed by atoms with E-state index >= 15 is 0 Å². The predicted octanol–water partition coefficient (Wildman–Crippen LogP) is -1.40. The van der Waals surface area contributed by atoms with Crippen LogP contribution in [-0.2, 0) is 42.7 Å². The van der Waals surface area contributed by atoms with Crippen molar-refractivity contribution >= 4 is 5.97 Å². The molecule has 75 heavy (non-hydrogen) atoms. The lowest BCUT2D eigenvalue weighted by molar-refractivity contribution is -0.379. The van der Waals surface area contributed by atoms with Gasteiger partial charge >= 0.3 is 5.97 Å². The molecule has 22 heteroatoms. The van der Waals surface area contributed by atoms with Crippen molar-refractivity contribution in [2.75, 3.05) is 26.4 Å². The zero-order valence-electron chi connectivity index (χ0n) is 44.2. The Balaban J connectivity index is 0.955. The standard InChI is InChI=1S/C53H86O22/c1-23-32(57)35(60)38(63)44(69-23)72-28-21-68-43(41(66)42(28)74-45-39(64)36(61)33(58)26(19-54)70-45)73-31-11-12-49(4)29(50(31,5)22-56)10-13-52(7)30(49)9-8-24-25-18-48(2,3)14-16-53(25,17-15-51(24,52)6)47(67)75-46-40(65)37(62)34(59)27(20-55)71-46/h8,23,25-46,54-66H,9-22H2,1-7H3/t23-,25-,26+,27+,28+,29?,30?,31-,32-,33+,34+,35+,36-,37-,38+,39+,40+,41+,42-,43-,44-,45-,46-,49-,50-,51+,52+,53-/m0/s1. The van der Waals surface area contributed by atoms with Crippen molar-refractivity contribution in [1.29, 1.82) is 0 Å². The van der Waals surface area contributed by atoms with Gasteiger partial charge < -0.3 is 104 Å². The first-order valence-electron chi connectivity index (χ1n) is 27.3. The van der Waals surface area contributed by atoms with Gasteiger partial charge in [0.05, 0.1) is 44.1 Å². The molecule has 4 aliphatic heterocycles. The first-order valence-corrected chi connectivity index (χ1v) is 27.3. The van der Waals surface area contributed by atoms with Crippen molar-refractivity contribution in [2.24, 2.45) is 50.2 Å². The summed E-state index contributed by atoms with van der Waals surface area (Å²) in [5.74, 6) is -0.664. The van der Waals surface area contributed by atoms with Crippen LogP contribution in [0.3, 0.4) is 0 Å². The zero-order chi connectivity index (χ0) is 54.7. The molecule has 4 saturated heterocycles. The molecule has 0 aromatic rings. The molecule has 9 rings (SSSR count). The summed E-state index contributed by atoms with van der Waals surface area (Å²) in [6, 6.07) is 0. The Morgan fingerprint density at radius 1 is 0.613 bits per heavy atom. The number of aliphatic hydroxyl groups is 13. The number of carbonyl (C=O) groups excluding carboxylic acids is 1. The third kappa shape index (κ3) is 9.40. The van der Waals surface area contributed by atoms with Gasteiger partial charge in [-0.15, -0.1) is 0 Å². The van der Waals surface area contributed by atoms with Gasteiger partial charge in [-0.1, -0.05) is 53.2 Å². The Hall–Kier alpha value is -1.59. The maximum atomic E-state index is 14.8. The van der Waals surface area contributed by atoms with Gasteiger partial charge in [-0.3, -0.25) is 4.79 Å². The zero-order valence-corrected chi connectivity index (χ0v) is 44.2. The van der Waals surface area contributed by atoms with E-state index < -0.39 is 153 Å². The Morgan fingerprint density at radius 2 is 1.20 bits per heavy atom. The van der Waals surface area contributed by atoms with Gasteiger partial charge in [0.25, 0.3) is 0 Å². The quantitative estimate of drug-likeness (QED) is 0.0643. The highest BCUT2D eigenvalue weighted by Crippen LogP contribution is 2.76. The molecule has 0 bridgehead atoms. The SMILES string of the molecule is C[C@@H]1O[C@@H](O[C@@H]2CO[C@@H](O[C@H]3CC[C@@]4(C)C(CC[C@]5(C)C4CC=C4[C@@H]6CC(C)(C)CC[C@]6(C(=O)O[C@@H]6O[C@H](CO)[C@@H](O)[C@H](O)[C@H]6O)CC[C@]45C)[C@]3(C)CO)[C@H](O)[C@H]2O[C@@H]2O[C@H](CO)[C@@H](O)[C@H](O)[C@H]2O)[C@H](O)[C@H](O)[C@H]1O. The predicted molar refractivity (Wildman–Crippen MR) is 257 cm³/mol. The molecular weight excluding hydrogens is 989 g/mol. The lowest BCUT2D eigenvalue weighted by Crippen LogP contribution is -2.67. The number of hydrogen-bond donors (Lipinski definition) is 13. The number of carbonyl (C=O) groups is 1. The monoisotopic (exact) mass is 1070 g/mol. The molecule has 0 aromatic carbocycles. The van der Waals surface area contributed by atoms with Crippen LogP contribution in [0.2, 0.25) is 0 Å². The largest absolute Gasteiger partial charge is 0.432 e. The van der Waals surface area contributed by atoms with Gasteiger partial charge in [-0.25, -0.2) is 0 Å². The normalized spacial score (nSPS) is 54.8. The van der Waals surface area contributed by atoms with Gasteiger partial charge in [0.1, 0.15) is 85.5 Å². The van der Waals surface area contributed by atoms with E-state index in [0.717, 1.165) is 25.7 Å². The second kappa shape index (κ2) is 21.1. The van der Waals surface area contributed by atoms with Gasteiger partial charge in [0.15, 0.2) is 18.9 Å². The van der Waals surface area contributed by atoms with Crippen molar-refractivity contribution in [3.8, 4) is 0 Å². The van der Waals surface area contributed by atoms with Crippen LogP contribution in [0.5, 0.6) is 0 Å². The number of hydrogen-bond acceptors (Lipinski definition) is 22. The first kappa shape index (κ1) is 58.1. The van der Waals surface area contributed by atoms with Gasteiger partial charge in [0, 0.05) is 5.41 Å². The fourth-order valence-corrected chi connectivity index (χ4v) is 16.2. The van der Waals surface area contributed by atoms with Crippen LogP contribution in [0.25, 0.3) is 0 Å². The van der Waals surface area contributed by atoms with Gasteiger partial charge in [-0.2, -0.15) is 0 Å². The lowest BCUT2D eigenvalue weighted by atomic mass is 9.33. The highest BCUT2D eigenvalue weighted by Gasteiger charge is 2.71. The molecule has 4 saturated carbocycles. The molecule has 0 amide bonds. The van der Waals surface area contributed by atoms with Crippen LogP contribution < -0.4 is 0 Å². The molecule has 2 unspecified atom stereocenters. The molecule has 430 valence electrons. The third-order valence-electron chi connectivity index (χ3n) is 21.2. The van der Waals surface area contributed by atoms with Crippen LogP contribution in [0, 0.1) is 50.2 Å². The minimum Gasteiger partial charge on any atom is -0.432 e. The summed E-state index contributed by atoms with van der Waals surface area (Å²) >= 11 is 0. The maximum absolute atomic E-state index is 14.8. The summed E-state index contributed by atoms with van der Waals surface area (Å²) in [5.41, 5.74) is -1.62. The van der Waals surface area contributed by atoms with E-state index in [-0.39, 0.29) is 52.6 Å². The molecule has 22 nitrogen and oxygen atoms in total. The van der Waals surface area contributed by atoms with E-state index in [0.29, 0.717) is 38.5 Å². The topological polar surface area (TPSA) is 354 Å². The summed E-state index contributed by atoms with van der Waals surface area (Å²) < 4.78 is 48.2. The average Bonchev–Trinajstić information content (AvgIpc) is 3.37. The second-order valence-electron chi connectivity index (χ2n) is 25.6. The minimum atomic E-state index is -1.86. The van der Waals surface area contributed by atoms with Crippen LogP contribution in [0.15, 0.2) is 11.6 Å². The van der Waals surface area contributed by atoms with Crippen molar-refractivity contribution < 1.29 is 109 Å². The summed E-state index contributed by atoms with van der Waals surface area (Å²) in [6.07, 6.45) is -21.4. The lowest BCUT2D eigenvalue weighted by Gasteiger charge is -2.71. The molecule has 9 aliphatic rings. The Kier molecular flexibility index (Phi) is 16.3. The number of fused-ring (bicyclic) bond motifs is 7. The molecule has 8 fully saturated rings. The van der Waals surface area contributed by atoms with E-state index in [9.17, 15) is 71.2 Å². The molecule has 13 N–H and O–H groups in total. The molecule has 4 heterocycles. The van der Waals surface area contributed by atoms with E-state index in [1.165, 1.54) is 12.5 Å². The molecule has 0 aromatic heterocycles. The van der Waals surface area contributed by atoms with E-state index in [2.05, 4.69) is 40.7 Å². The van der Waals surface area contributed by atoms with Crippen molar-refractivity contribution in [3.63, 3.8) is 0 Å². The number of esters is 1. The van der Waals surface area contributed by atoms with Crippen LogP contribution in [0.1, 0.15) is 113 Å². The highest BCUT2D eigenvalue weighted by atomic mass is 16.8. The summed E-state index contributed by atoms with van der Waals surface area (Å²) in [5, 5.41) is 139. The second-order valence-corrected chi connectivity index (χ2v) is 25.6. The van der Waals surface area contributed by atoms with Gasteiger partial charge in [-0.05, 0) is 111 Å². The van der Waals surface area contributed by atoms with Crippen LogP contribution >= 0.6 is 0 Å². The number of rotatable bonds is 11. The summed E-state index contributed by atoms with van der Waals surface area (Å²) in [4.78, 5) is 14.8. The van der Waals surface area contributed by atoms with Crippen molar-refractivity contribution in [2.45, 2.75) is 235 Å².